The molecule has 0 saturated carbocycles. The van der Waals surface area contributed by atoms with Crippen molar-refractivity contribution >= 4 is 18.6 Å². The van der Waals surface area contributed by atoms with Crippen LogP contribution in [0.25, 0.3) is 5.70 Å². The Morgan fingerprint density at radius 2 is 2.07 bits per heavy atom. The summed E-state index contributed by atoms with van der Waals surface area (Å²) >= 11 is 0. The molecule has 1 aliphatic heterocycles. The highest BCUT2D eigenvalue weighted by Crippen LogP contribution is 2.28. The molecule has 0 bridgehead atoms. The largest absolute Gasteiger partial charge is 0.497 e. The summed E-state index contributed by atoms with van der Waals surface area (Å²) in [6.45, 7) is 3.99. The van der Waals surface area contributed by atoms with Gasteiger partial charge in [0.1, 0.15) is 11.4 Å². The van der Waals surface area contributed by atoms with Crippen molar-refractivity contribution in [2.75, 3.05) is 13.7 Å². The van der Waals surface area contributed by atoms with Crippen LogP contribution in [0.3, 0.4) is 0 Å². The topological polar surface area (TPSA) is 67.9 Å². The molecule has 28 heavy (non-hydrogen) atoms. The van der Waals surface area contributed by atoms with Crippen LogP contribution in [0.1, 0.15) is 17.2 Å². The van der Waals surface area contributed by atoms with E-state index >= 15 is 0 Å². The van der Waals surface area contributed by atoms with Crippen molar-refractivity contribution in [3.05, 3.63) is 60.1 Å². The van der Waals surface area contributed by atoms with Crippen LogP contribution in [0.15, 0.2) is 52.9 Å². The number of ether oxygens (including phenoxy) is 1. The van der Waals surface area contributed by atoms with E-state index < -0.39 is 12.0 Å². The lowest BCUT2D eigenvalue weighted by Gasteiger charge is -2.16. The molecule has 2 heterocycles. The molecule has 0 aliphatic carbocycles. The predicted molar refractivity (Wildman–Crippen MR) is 99.0 cm³/mol. The second-order valence-electron chi connectivity index (χ2n) is 5.76. The Morgan fingerprint density at radius 1 is 1.32 bits per heavy atom. The van der Waals surface area contributed by atoms with Crippen molar-refractivity contribution in [1.82, 2.24) is 19.7 Å². The Morgan fingerprint density at radius 3 is 2.64 bits per heavy atom. The van der Waals surface area contributed by atoms with Crippen LogP contribution in [0.4, 0.5) is 13.2 Å². The number of aliphatic imine (C=N–C) groups is 2. The van der Waals surface area contributed by atoms with Gasteiger partial charge < -0.3 is 9.64 Å². The fraction of sp³-hybridized carbons (Fsp3) is 0.222. The number of methoxy groups -OCH3 is 1. The molecule has 1 aliphatic rings. The molecule has 2 aromatic rings. The van der Waals surface area contributed by atoms with E-state index in [-0.39, 0.29) is 18.1 Å². The summed E-state index contributed by atoms with van der Waals surface area (Å²) in [4.78, 5) is 13.2. The lowest BCUT2D eigenvalue weighted by atomic mass is 10.2. The first-order valence-corrected chi connectivity index (χ1v) is 8.18. The van der Waals surface area contributed by atoms with Crippen LogP contribution in [-0.4, -0.2) is 46.3 Å². The number of aromatic nitrogens is 3. The molecular weight excluding hydrogens is 373 g/mol. The van der Waals surface area contributed by atoms with Crippen molar-refractivity contribution in [1.29, 1.82) is 0 Å². The molecule has 0 amide bonds. The first kappa shape index (κ1) is 19.3. The SMILES string of the molecule is C=N/C(=C\N1C=CN=CC1)c1nc(C(F)(F)F)nn1Cc1ccc(OC)cc1. The summed E-state index contributed by atoms with van der Waals surface area (Å²) in [7, 11) is 1.53. The summed E-state index contributed by atoms with van der Waals surface area (Å²) in [5.41, 5.74) is 0.894. The van der Waals surface area contributed by atoms with Gasteiger partial charge in [0.05, 0.1) is 20.2 Å². The van der Waals surface area contributed by atoms with Gasteiger partial charge in [-0.05, 0) is 24.4 Å². The van der Waals surface area contributed by atoms with Crippen LogP contribution in [0.2, 0.25) is 0 Å². The van der Waals surface area contributed by atoms with E-state index in [2.05, 4.69) is 26.8 Å². The molecule has 1 aromatic carbocycles. The molecule has 0 atom stereocenters. The van der Waals surface area contributed by atoms with E-state index in [1.807, 2.05) is 0 Å². The van der Waals surface area contributed by atoms with E-state index in [0.717, 1.165) is 10.2 Å². The van der Waals surface area contributed by atoms with Gasteiger partial charge in [-0.2, -0.15) is 13.2 Å². The molecule has 3 rings (SSSR count). The molecule has 0 N–H and O–H groups in total. The van der Waals surface area contributed by atoms with Crippen molar-refractivity contribution < 1.29 is 17.9 Å². The van der Waals surface area contributed by atoms with Gasteiger partial charge in [-0.1, -0.05) is 12.1 Å². The van der Waals surface area contributed by atoms with E-state index in [0.29, 0.717) is 12.3 Å². The zero-order valence-corrected chi connectivity index (χ0v) is 15.0. The Bertz CT molecular complexity index is 928. The molecular formula is C18H17F3N6O. The molecule has 1 aromatic heterocycles. The minimum atomic E-state index is -4.68. The number of hydrogen-bond acceptors (Lipinski definition) is 6. The Labute approximate surface area is 159 Å². The van der Waals surface area contributed by atoms with Crippen LogP contribution in [-0.2, 0) is 12.7 Å². The number of hydrogen-bond donors (Lipinski definition) is 0. The molecule has 0 unspecified atom stereocenters. The smallest absolute Gasteiger partial charge is 0.453 e. The van der Waals surface area contributed by atoms with Gasteiger partial charge in [0, 0.05) is 24.8 Å². The third-order valence-corrected chi connectivity index (χ3v) is 3.85. The van der Waals surface area contributed by atoms with Crippen molar-refractivity contribution in [3.8, 4) is 5.75 Å². The third kappa shape index (κ3) is 4.45. The Kier molecular flexibility index (Phi) is 5.57. The van der Waals surface area contributed by atoms with Gasteiger partial charge in [0.15, 0.2) is 5.82 Å². The van der Waals surface area contributed by atoms with Gasteiger partial charge in [-0.15, -0.1) is 5.10 Å². The van der Waals surface area contributed by atoms with Crippen molar-refractivity contribution in [2.45, 2.75) is 12.7 Å². The first-order chi connectivity index (χ1) is 13.4. The maximum atomic E-state index is 13.2. The highest BCUT2D eigenvalue weighted by Gasteiger charge is 2.37. The molecule has 0 radical (unpaired) electrons. The summed E-state index contributed by atoms with van der Waals surface area (Å²) in [6.07, 6.45) is 1.75. The van der Waals surface area contributed by atoms with Crippen molar-refractivity contribution in [3.63, 3.8) is 0 Å². The Balaban J connectivity index is 1.98. The zero-order chi connectivity index (χ0) is 20.1. The molecule has 7 nitrogen and oxygen atoms in total. The van der Waals surface area contributed by atoms with E-state index in [1.165, 1.54) is 7.11 Å². The first-order valence-electron chi connectivity index (χ1n) is 8.18. The standard InChI is InChI=1S/C18H17F3N6O/c1-22-15(12-26-9-7-23-8-10-26)16-24-17(18(19,20)21)25-27(16)11-13-3-5-14(28-2)6-4-13/h3-9,12H,1,10-11H2,2H3/b15-12-. The molecule has 0 spiro atoms. The summed E-state index contributed by atoms with van der Waals surface area (Å²) in [6, 6.07) is 6.92. The predicted octanol–water partition coefficient (Wildman–Crippen LogP) is 3.21. The average molecular weight is 390 g/mol. The number of alkyl halides is 3. The summed E-state index contributed by atoms with van der Waals surface area (Å²) in [5, 5.41) is 3.64. The molecule has 0 saturated heterocycles. The van der Waals surface area contributed by atoms with Crippen LogP contribution in [0, 0.1) is 0 Å². The second kappa shape index (κ2) is 8.07. The van der Waals surface area contributed by atoms with Gasteiger partial charge in [0.2, 0.25) is 0 Å². The highest BCUT2D eigenvalue weighted by molar-refractivity contribution is 5.66. The lowest BCUT2D eigenvalue weighted by Crippen LogP contribution is -2.16. The van der Waals surface area contributed by atoms with E-state index in [1.54, 1.807) is 54.0 Å². The number of benzene rings is 1. The molecule has 0 fully saturated rings. The second-order valence-corrected chi connectivity index (χ2v) is 5.76. The van der Waals surface area contributed by atoms with Crippen LogP contribution < -0.4 is 4.74 Å². The van der Waals surface area contributed by atoms with E-state index in [4.69, 9.17) is 4.74 Å². The fourth-order valence-corrected chi connectivity index (χ4v) is 2.48. The van der Waals surface area contributed by atoms with E-state index in [9.17, 15) is 13.2 Å². The molecule has 146 valence electrons. The van der Waals surface area contributed by atoms with Gasteiger partial charge in [-0.3, -0.25) is 9.98 Å². The fourth-order valence-electron chi connectivity index (χ4n) is 2.48. The Hall–Kier alpha value is -3.43. The minimum absolute atomic E-state index is 0.0333. The van der Waals surface area contributed by atoms with Gasteiger partial charge >= 0.3 is 6.18 Å². The quantitative estimate of drug-likeness (QED) is 0.711. The minimum Gasteiger partial charge on any atom is -0.497 e. The highest BCUT2D eigenvalue weighted by atomic mass is 19.4. The number of nitrogens with zero attached hydrogens (tertiary/aromatic N) is 6. The summed E-state index contributed by atoms with van der Waals surface area (Å²) < 4.78 is 45.8. The number of rotatable bonds is 6. The summed E-state index contributed by atoms with van der Waals surface area (Å²) in [5.74, 6) is -0.624. The maximum absolute atomic E-state index is 13.2. The maximum Gasteiger partial charge on any atom is 0.453 e. The normalized spacial score (nSPS) is 14.4. The number of halogens is 3. The third-order valence-electron chi connectivity index (χ3n) is 3.85. The lowest BCUT2D eigenvalue weighted by molar-refractivity contribution is -0.145. The monoisotopic (exact) mass is 390 g/mol. The van der Waals surface area contributed by atoms with Crippen LogP contribution >= 0.6 is 0 Å². The van der Waals surface area contributed by atoms with Gasteiger partial charge in [-0.25, -0.2) is 9.67 Å². The van der Waals surface area contributed by atoms with Gasteiger partial charge in [0.25, 0.3) is 5.82 Å². The average Bonchev–Trinajstić information content (AvgIpc) is 3.11. The molecule has 10 heteroatoms. The zero-order valence-electron chi connectivity index (χ0n) is 15.0. The van der Waals surface area contributed by atoms with Crippen molar-refractivity contribution in [2.24, 2.45) is 9.98 Å². The van der Waals surface area contributed by atoms with Crippen LogP contribution in [0.5, 0.6) is 5.75 Å².